The Bertz CT molecular complexity index is 925. The molecule has 0 radical (unpaired) electrons. The third-order valence-electron chi connectivity index (χ3n) is 7.75. The van der Waals surface area contributed by atoms with Crippen LogP contribution in [0.25, 0.3) is 0 Å². The van der Waals surface area contributed by atoms with Crippen molar-refractivity contribution in [2.24, 2.45) is 23.2 Å². The minimum atomic E-state index is -0.273. The van der Waals surface area contributed by atoms with E-state index in [1.54, 1.807) is 12.1 Å². The van der Waals surface area contributed by atoms with Gasteiger partial charge in [-0.05, 0) is 43.4 Å². The largest absolute Gasteiger partial charge is 0.487 e. The molecule has 4 nitrogen and oxygen atoms in total. The van der Waals surface area contributed by atoms with E-state index in [1.807, 2.05) is 36.4 Å². The number of benzene rings is 2. The van der Waals surface area contributed by atoms with Crippen LogP contribution in [0.15, 0.2) is 54.6 Å². The van der Waals surface area contributed by atoms with Gasteiger partial charge in [-0.1, -0.05) is 50.2 Å². The predicted molar refractivity (Wildman–Crippen MR) is 110 cm³/mol. The number of hydrogen-bond donors (Lipinski definition) is 0. The normalized spacial score (nSPS) is 37.2. The second-order valence-electron chi connectivity index (χ2n) is 9.28. The van der Waals surface area contributed by atoms with Gasteiger partial charge in [-0.15, -0.1) is 0 Å². The van der Waals surface area contributed by atoms with Crippen molar-refractivity contribution in [2.75, 3.05) is 13.2 Å². The molecule has 2 bridgehead atoms. The molecule has 152 valence electrons. The molecule has 0 N–H and O–H groups in total. The highest BCUT2D eigenvalue weighted by molar-refractivity contribution is 5.89. The second kappa shape index (κ2) is 6.60. The van der Waals surface area contributed by atoms with E-state index in [4.69, 9.17) is 14.2 Å². The maximum absolute atomic E-state index is 12.6. The fraction of sp³-hybridized carbons (Fsp3) is 0.480. The van der Waals surface area contributed by atoms with Gasteiger partial charge < -0.3 is 14.2 Å². The van der Waals surface area contributed by atoms with Crippen molar-refractivity contribution in [3.63, 3.8) is 0 Å². The van der Waals surface area contributed by atoms with E-state index in [0.717, 1.165) is 17.7 Å². The summed E-state index contributed by atoms with van der Waals surface area (Å²) in [4.78, 5) is 12.6. The second-order valence-corrected chi connectivity index (χ2v) is 9.28. The summed E-state index contributed by atoms with van der Waals surface area (Å²) >= 11 is 0. The first kappa shape index (κ1) is 18.7. The van der Waals surface area contributed by atoms with E-state index >= 15 is 0 Å². The highest BCUT2D eigenvalue weighted by Gasteiger charge is 2.64. The van der Waals surface area contributed by atoms with E-state index in [1.165, 1.54) is 0 Å². The average molecular weight is 392 g/mol. The lowest BCUT2D eigenvalue weighted by molar-refractivity contribution is -0.259. The topological polar surface area (TPSA) is 44.8 Å². The molecule has 2 aromatic carbocycles. The highest BCUT2D eigenvalue weighted by Crippen LogP contribution is 2.63. The summed E-state index contributed by atoms with van der Waals surface area (Å²) in [6.07, 6.45) is 0.962. The summed E-state index contributed by atoms with van der Waals surface area (Å²) in [5, 5.41) is 0. The van der Waals surface area contributed by atoms with Gasteiger partial charge in [0, 0.05) is 16.9 Å². The average Bonchev–Trinajstić information content (AvgIpc) is 2.72. The molecule has 1 aliphatic carbocycles. The van der Waals surface area contributed by atoms with Crippen LogP contribution in [0, 0.1) is 23.2 Å². The number of carbonyl (C=O) groups excluding carboxylic acids is 1. The molecular formula is C25H28O4. The molecule has 0 amide bonds. The summed E-state index contributed by atoms with van der Waals surface area (Å²) in [5.74, 6) is 1.54. The Morgan fingerprint density at radius 3 is 2.62 bits per heavy atom. The van der Waals surface area contributed by atoms with Crippen molar-refractivity contribution in [1.29, 1.82) is 0 Å². The van der Waals surface area contributed by atoms with Crippen LogP contribution in [0.3, 0.4) is 0 Å². The van der Waals surface area contributed by atoms with E-state index in [2.05, 4.69) is 26.8 Å². The lowest BCUT2D eigenvalue weighted by Gasteiger charge is -2.63. The van der Waals surface area contributed by atoms with Gasteiger partial charge in [-0.2, -0.15) is 0 Å². The van der Waals surface area contributed by atoms with Gasteiger partial charge in [0.25, 0.3) is 0 Å². The molecule has 5 rings (SSSR count). The molecule has 0 aromatic heterocycles. The standard InChI is InChI=1S/C25H28O4/c1-16-13-24(3)21-17(2)25(16,15-28-23(26)18-9-5-4-6-10-18)14-27-22(21)19-11-7-8-12-20(19)29-24/h4-12,16-17,21-22H,13-15H2,1-3H3/t16-,17+,21-,22-,24+,25-/m1/s1. The van der Waals surface area contributed by atoms with E-state index in [9.17, 15) is 4.79 Å². The molecule has 1 saturated carbocycles. The molecule has 2 heterocycles. The van der Waals surface area contributed by atoms with Crippen molar-refractivity contribution >= 4 is 5.97 Å². The minimum absolute atomic E-state index is 0.0328. The number of rotatable bonds is 3. The van der Waals surface area contributed by atoms with Crippen molar-refractivity contribution in [2.45, 2.75) is 38.9 Å². The zero-order valence-electron chi connectivity index (χ0n) is 17.3. The van der Waals surface area contributed by atoms with Crippen molar-refractivity contribution in [1.82, 2.24) is 0 Å². The summed E-state index contributed by atoms with van der Waals surface area (Å²) < 4.78 is 18.9. The first-order chi connectivity index (χ1) is 13.9. The van der Waals surface area contributed by atoms with Gasteiger partial charge in [0.15, 0.2) is 0 Å². The Balaban J connectivity index is 1.44. The molecule has 2 aromatic rings. The van der Waals surface area contributed by atoms with Crippen LogP contribution < -0.4 is 4.74 Å². The lowest BCUT2D eigenvalue weighted by atomic mass is 9.50. The number of para-hydroxylation sites is 1. The Kier molecular flexibility index (Phi) is 4.25. The van der Waals surface area contributed by atoms with Gasteiger partial charge in [0.1, 0.15) is 11.4 Å². The Labute approximate surface area is 172 Å². The molecule has 2 aliphatic heterocycles. The number of ether oxygens (including phenoxy) is 3. The molecule has 0 spiro atoms. The fourth-order valence-corrected chi connectivity index (χ4v) is 6.11. The predicted octanol–water partition coefficient (Wildman–Crippen LogP) is 5.04. The van der Waals surface area contributed by atoms with Crippen LogP contribution in [-0.2, 0) is 9.47 Å². The maximum atomic E-state index is 12.6. The van der Waals surface area contributed by atoms with Crippen molar-refractivity contribution in [3.8, 4) is 5.75 Å². The van der Waals surface area contributed by atoms with Gasteiger partial charge >= 0.3 is 5.97 Å². The quantitative estimate of drug-likeness (QED) is 0.686. The molecule has 6 atom stereocenters. The third-order valence-corrected chi connectivity index (χ3v) is 7.75. The van der Waals surface area contributed by atoms with Gasteiger partial charge in [0.2, 0.25) is 0 Å². The number of carbonyl (C=O) groups is 1. The Hall–Kier alpha value is -2.33. The van der Waals surface area contributed by atoms with Crippen LogP contribution in [0.5, 0.6) is 5.75 Å². The smallest absolute Gasteiger partial charge is 0.338 e. The maximum Gasteiger partial charge on any atom is 0.338 e. The van der Waals surface area contributed by atoms with E-state index in [-0.39, 0.29) is 29.0 Å². The van der Waals surface area contributed by atoms with Crippen LogP contribution in [0.4, 0.5) is 0 Å². The Morgan fingerprint density at radius 2 is 1.83 bits per heavy atom. The van der Waals surface area contributed by atoms with E-state index in [0.29, 0.717) is 30.6 Å². The van der Waals surface area contributed by atoms with Crippen LogP contribution in [-0.4, -0.2) is 24.8 Å². The molecule has 2 fully saturated rings. The van der Waals surface area contributed by atoms with E-state index < -0.39 is 0 Å². The summed E-state index contributed by atoms with van der Waals surface area (Å²) in [7, 11) is 0. The first-order valence-electron chi connectivity index (χ1n) is 10.6. The molecule has 1 saturated heterocycles. The van der Waals surface area contributed by atoms with Crippen LogP contribution in [0.2, 0.25) is 0 Å². The lowest BCUT2D eigenvalue weighted by Crippen LogP contribution is -2.66. The number of fused-ring (bicyclic) bond motifs is 3. The monoisotopic (exact) mass is 392 g/mol. The summed E-state index contributed by atoms with van der Waals surface area (Å²) in [6, 6.07) is 17.4. The van der Waals surface area contributed by atoms with Gasteiger partial charge in [-0.25, -0.2) is 4.79 Å². The zero-order chi connectivity index (χ0) is 20.2. The molecule has 3 aliphatic rings. The van der Waals surface area contributed by atoms with Crippen LogP contribution >= 0.6 is 0 Å². The Morgan fingerprint density at radius 1 is 1.10 bits per heavy atom. The zero-order valence-corrected chi connectivity index (χ0v) is 17.3. The summed E-state index contributed by atoms with van der Waals surface area (Å²) in [6.45, 7) is 7.75. The van der Waals surface area contributed by atoms with Crippen molar-refractivity contribution < 1.29 is 19.0 Å². The molecule has 29 heavy (non-hydrogen) atoms. The molecule has 0 unspecified atom stereocenters. The van der Waals surface area contributed by atoms with Crippen LogP contribution in [0.1, 0.15) is 49.2 Å². The van der Waals surface area contributed by atoms with Gasteiger partial charge in [0.05, 0.1) is 24.9 Å². The van der Waals surface area contributed by atoms with Crippen molar-refractivity contribution in [3.05, 3.63) is 65.7 Å². The number of esters is 1. The highest BCUT2D eigenvalue weighted by atomic mass is 16.5. The first-order valence-corrected chi connectivity index (χ1v) is 10.6. The minimum Gasteiger partial charge on any atom is -0.487 e. The third kappa shape index (κ3) is 2.72. The fourth-order valence-electron chi connectivity index (χ4n) is 6.11. The molecular weight excluding hydrogens is 364 g/mol. The van der Waals surface area contributed by atoms with Gasteiger partial charge in [-0.3, -0.25) is 0 Å². The number of hydrogen-bond acceptors (Lipinski definition) is 4. The summed E-state index contributed by atoms with van der Waals surface area (Å²) in [5.41, 5.74) is 1.27. The SMILES string of the molecule is C[C@@H]1C[C@]2(C)Oc3ccccc3[C@H]3OC[C@]1(COC(=O)c1ccccc1)[C@@H](C)[C@H]32. The molecule has 4 heteroatoms.